The van der Waals surface area contributed by atoms with Crippen molar-refractivity contribution in [2.75, 3.05) is 19.6 Å². The molecule has 2 aromatic heterocycles. The summed E-state index contributed by atoms with van der Waals surface area (Å²) in [6.07, 6.45) is 2.18. The van der Waals surface area contributed by atoms with Gasteiger partial charge in [0.25, 0.3) is 5.91 Å². The van der Waals surface area contributed by atoms with E-state index >= 15 is 0 Å². The zero-order valence-corrected chi connectivity index (χ0v) is 20.6. The molecule has 1 fully saturated rings. The van der Waals surface area contributed by atoms with Crippen LogP contribution in [0.15, 0.2) is 59.0 Å². The maximum Gasteiger partial charge on any atom is 0.271 e. The van der Waals surface area contributed by atoms with Crippen LogP contribution in [0.1, 0.15) is 34.6 Å². The van der Waals surface area contributed by atoms with Crippen LogP contribution >= 0.6 is 24.0 Å². The third-order valence-electron chi connectivity index (χ3n) is 6.26. The van der Waals surface area contributed by atoms with Gasteiger partial charge in [0, 0.05) is 33.8 Å². The summed E-state index contributed by atoms with van der Waals surface area (Å²) < 4.78 is 8.06. The predicted octanol–water partition coefficient (Wildman–Crippen LogP) is 5.46. The summed E-state index contributed by atoms with van der Waals surface area (Å²) in [5.41, 5.74) is 4.06. The van der Waals surface area contributed by atoms with Crippen molar-refractivity contribution in [3.8, 4) is 11.3 Å². The predicted molar refractivity (Wildman–Crippen MR) is 138 cm³/mol. The number of furan rings is 1. The fourth-order valence-electron chi connectivity index (χ4n) is 4.40. The molecule has 0 saturated carbocycles. The third kappa shape index (κ3) is 5.30. The Labute approximate surface area is 210 Å². The zero-order chi connectivity index (χ0) is 22.8. The molecule has 6 nitrogen and oxygen atoms in total. The van der Waals surface area contributed by atoms with Crippen molar-refractivity contribution in [2.45, 2.75) is 26.3 Å². The van der Waals surface area contributed by atoms with Crippen LogP contribution in [0, 0.1) is 12.8 Å². The minimum Gasteiger partial charge on any atom is -0.456 e. The Hall–Kier alpha value is -2.80. The standard InChI is InChI=1S/C26H27ClN4O2.ClH/c1-17-11-23(26(32)29-15-18-7-9-28-10-8-18)30-31(17)16-21-13-22(27)12-20-14-24(33-25(20)21)19-5-3-2-4-6-19;/h2-6,11-14,18,28H,7-10,15-16H2,1H3,(H,29,32);1H. The first kappa shape index (κ1) is 24.3. The Bertz CT molecular complexity index is 1280. The van der Waals surface area contributed by atoms with Crippen molar-refractivity contribution in [2.24, 2.45) is 5.92 Å². The van der Waals surface area contributed by atoms with Crippen molar-refractivity contribution < 1.29 is 9.21 Å². The monoisotopic (exact) mass is 498 g/mol. The van der Waals surface area contributed by atoms with E-state index in [1.54, 1.807) is 0 Å². The zero-order valence-electron chi connectivity index (χ0n) is 19.0. The molecule has 34 heavy (non-hydrogen) atoms. The summed E-state index contributed by atoms with van der Waals surface area (Å²) in [5.74, 6) is 1.19. The summed E-state index contributed by atoms with van der Waals surface area (Å²) in [6, 6.07) is 17.6. The Morgan fingerprint density at radius 1 is 1.18 bits per heavy atom. The quantitative estimate of drug-likeness (QED) is 0.370. The summed E-state index contributed by atoms with van der Waals surface area (Å²) >= 11 is 6.42. The first-order chi connectivity index (χ1) is 16.1. The van der Waals surface area contributed by atoms with Gasteiger partial charge in [0.15, 0.2) is 0 Å². The number of amides is 1. The number of halogens is 2. The molecule has 1 saturated heterocycles. The molecule has 0 aliphatic carbocycles. The van der Waals surface area contributed by atoms with Crippen LogP contribution in [0.3, 0.4) is 0 Å². The average Bonchev–Trinajstić information content (AvgIpc) is 3.42. The number of carbonyl (C=O) groups excluding carboxylic acids is 1. The van der Waals surface area contributed by atoms with Crippen LogP contribution in [0.2, 0.25) is 5.02 Å². The van der Waals surface area contributed by atoms with Crippen molar-refractivity contribution in [1.82, 2.24) is 20.4 Å². The highest BCUT2D eigenvalue weighted by atomic mass is 35.5. The van der Waals surface area contributed by atoms with Gasteiger partial charge in [-0.15, -0.1) is 12.4 Å². The highest BCUT2D eigenvalue weighted by Gasteiger charge is 2.18. The normalized spacial score (nSPS) is 14.2. The Morgan fingerprint density at radius 2 is 1.94 bits per heavy atom. The molecule has 2 N–H and O–H groups in total. The number of piperidine rings is 1. The Morgan fingerprint density at radius 3 is 2.71 bits per heavy atom. The van der Waals surface area contributed by atoms with E-state index in [0.29, 0.717) is 29.7 Å². The highest BCUT2D eigenvalue weighted by Crippen LogP contribution is 2.32. The van der Waals surface area contributed by atoms with E-state index in [4.69, 9.17) is 16.0 Å². The molecule has 3 heterocycles. The summed E-state index contributed by atoms with van der Waals surface area (Å²) in [5, 5.41) is 12.6. The summed E-state index contributed by atoms with van der Waals surface area (Å²) in [6.45, 7) is 5.14. The van der Waals surface area contributed by atoms with Crippen LogP contribution in [0.5, 0.6) is 0 Å². The number of aryl methyl sites for hydroxylation is 1. The van der Waals surface area contributed by atoms with Gasteiger partial charge in [0.2, 0.25) is 0 Å². The summed E-state index contributed by atoms with van der Waals surface area (Å²) in [7, 11) is 0. The average molecular weight is 499 g/mol. The van der Waals surface area contributed by atoms with Crippen LogP contribution in [-0.2, 0) is 6.54 Å². The number of hydrogen-bond donors (Lipinski definition) is 2. The third-order valence-corrected chi connectivity index (χ3v) is 6.48. The number of fused-ring (bicyclic) bond motifs is 1. The molecule has 0 bridgehead atoms. The number of rotatable bonds is 6. The lowest BCUT2D eigenvalue weighted by Crippen LogP contribution is -2.36. The minimum absolute atomic E-state index is 0. The fraction of sp³-hybridized carbons (Fsp3) is 0.308. The Balaban J connectivity index is 0.00000274. The SMILES string of the molecule is Cc1cc(C(=O)NCC2CCNCC2)nn1Cc1cc(Cl)cc2cc(-c3ccccc3)oc12.Cl. The molecular weight excluding hydrogens is 471 g/mol. The van der Waals surface area contributed by atoms with E-state index < -0.39 is 0 Å². The van der Waals surface area contributed by atoms with Crippen LogP contribution in [-0.4, -0.2) is 35.3 Å². The van der Waals surface area contributed by atoms with Gasteiger partial charge in [-0.1, -0.05) is 41.9 Å². The van der Waals surface area contributed by atoms with Crippen LogP contribution in [0.25, 0.3) is 22.3 Å². The second-order valence-electron chi connectivity index (χ2n) is 8.69. The second kappa shape index (κ2) is 10.6. The molecule has 0 radical (unpaired) electrons. The van der Waals surface area contributed by atoms with Gasteiger partial charge >= 0.3 is 0 Å². The van der Waals surface area contributed by atoms with Gasteiger partial charge in [0.05, 0.1) is 6.54 Å². The Kier molecular flexibility index (Phi) is 7.61. The first-order valence-electron chi connectivity index (χ1n) is 11.4. The van der Waals surface area contributed by atoms with Gasteiger partial charge in [-0.05, 0) is 63.0 Å². The molecular formula is C26H28Cl2N4O2. The maximum absolute atomic E-state index is 12.7. The van der Waals surface area contributed by atoms with E-state index in [-0.39, 0.29) is 18.3 Å². The van der Waals surface area contributed by atoms with E-state index in [1.165, 1.54) is 0 Å². The molecule has 5 rings (SSSR count). The van der Waals surface area contributed by atoms with E-state index in [2.05, 4.69) is 15.7 Å². The second-order valence-corrected chi connectivity index (χ2v) is 9.13. The first-order valence-corrected chi connectivity index (χ1v) is 11.8. The number of benzene rings is 2. The minimum atomic E-state index is -0.129. The molecule has 1 aliphatic heterocycles. The van der Waals surface area contributed by atoms with E-state index in [1.807, 2.05) is 66.2 Å². The molecule has 2 aromatic carbocycles. The number of nitrogens with zero attached hydrogens (tertiary/aromatic N) is 2. The number of carbonyl (C=O) groups is 1. The lowest BCUT2D eigenvalue weighted by atomic mass is 9.98. The van der Waals surface area contributed by atoms with Crippen LogP contribution < -0.4 is 10.6 Å². The molecule has 0 atom stereocenters. The van der Waals surface area contributed by atoms with Gasteiger partial charge in [0.1, 0.15) is 17.0 Å². The van der Waals surface area contributed by atoms with Crippen molar-refractivity contribution in [1.29, 1.82) is 0 Å². The van der Waals surface area contributed by atoms with Gasteiger partial charge in [-0.3, -0.25) is 9.48 Å². The number of nitrogens with one attached hydrogen (secondary N) is 2. The molecule has 4 aromatic rings. The van der Waals surface area contributed by atoms with Crippen LogP contribution in [0.4, 0.5) is 0 Å². The van der Waals surface area contributed by atoms with E-state index in [9.17, 15) is 4.79 Å². The van der Waals surface area contributed by atoms with Crippen molar-refractivity contribution >= 4 is 40.9 Å². The largest absolute Gasteiger partial charge is 0.456 e. The molecule has 178 valence electrons. The summed E-state index contributed by atoms with van der Waals surface area (Å²) in [4.78, 5) is 12.7. The van der Waals surface area contributed by atoms with E-state index in [0.717, 1.165) is 59.5 Å². The molecule has 0 spiro atoms. The van der Waals surface area contributed by atoms with Crippen molar-refractivity contribution in [3.05, 3.63) is 76.6 Å². The van der Waals surface area contributed by atoms with Gasteiger partial charge < -0.3 is 15.1 Å². The molecule has 8 heteroatoms. The fourth-order valence-corrected chi connectivity index (χ4v) is 4.65. The number of aromatic nitrogens is 2. The molecule has 1 aliphatic rings. The smallest absolute Gasteiger partial charge is 0.271 e. The van der Waals surface area contributed by atoms with Gasteiger partial charge in [-0.2, -0.15) is 5.10 Å². The lowest BCUT2D eigenvalue weighted by Gasteiger charge is -2.22. The lowest BCUT2D eigenvalue weighted by molar-refractivity contribution is 0.0938. The number of hydrogen-bond acceptors (Lipinski definition) is 4. The molecule has 1 amide bonds. The van der Waals surface area contributed by atoms with Crippen molar-refractivity contribution in [3.63, 3.8) is 0 Å². The topological polar surface area (TPSA) is 72.1 Å². The molecule has 0 unspecified atom stereocenters. The highest BCUT2D eigenvalue weighted by molar-refractivity contribution is 6.31. The van der Waals surface area contributed by atoms with Gasteiger partial charge in [-0.25, -0.2) is 0 Å². The maximum atomic E-state index is 12.7.